The van der Waals surface area contributed by atoms with Crippen molar-refractivity contribution in [3.8, 4) is 5.75 Å². The first-order chi connectivity index (χ1) is 15.7. The zero-order valence-corrected chi connectivity index (χ0v) is 17.6. The van der Waals surface area contributed by atoms with Gasteiger partial charge in [0, 0.05) is 6.07 Å². The number of fused-ring (bicyclic) bond motifs is 2. The van der Waals surface area contributed by atoms with Crippen LogP contribution in [0.25, 0.3) is 11.0 Å². The van der Waals surface area contributed by atoms with Gasteiger partial charge in [0.25, 0.3) is 11.8 Å². The molecular weight excluding hydrogens is 414 g/mol. The predicted molar refractivity (Wildman–Crippen MR) is 116 cm³/mol. The minimum absolute atomic E-state index is 0.225. The normalized spacial score (nSPS) is 13.2. The second kappa shape index (κ2) is 10.9. The van der Waals surface area contributed by atoms with Crippen LogP contribution in [0.3, 0.4) is 0 Å². The van der Waals surface area contributed by atoms with Gasteiger partial charge in [-0.1, -0.05) is 12.1 Å². The summed E-state index contributed by atoms with van der Waals surface area (Å²) in [6.45, 7) is 3.09. The molecule has 2 aromatic carbocycles. The third kappa shape index (κ3) is 5.31. The molecule has 3 aromatic rings. The van der Waals surface area contributed by atoms with Crippen LogP contribution in [-0.4, -0.2) is 79.5 Å². The number of nitrogens with zero attached hydrogens (tertiary/aromatic N) is 2. The summed E-state index contributed by atoms with van der Waals surface area (Å²) < 4.78 is 22.1. The van der Waals surface area contributed by atoms with Crippen LogP contribution in [0, 0.1) is 0 Å². The molecule has 0 bridgehead atoms. The standard InChI is InChI=1S/C23H25N3O6/c27-22-18-3-1-2-4-19(18)23(28)26(22)7-8-29-9-10-30-11-12-31-13-14-32-17-5-6-20-21(15-17)25-16-24-20/h1-6,15-16H,7-14H2,(H,24,25). The molecule has 2 heterocycles. The van der Waals surface area contributed by atoms with Crippen molar-refractivity contribution in [2.45, 2.75) is 0 Å². The van der Waals surface area contributed by atoms with Gasteiger partial charge in [-0.15, -0.1) is 0 Å². The summed E-state index contributed by atoms with van der Waals surface area (Å²) in [5.41, 5.74) is 2.73. The van der Waals surface area contributed by atoms with Gasteiger partial charge < -0.3 is 23.9 Å². The first-order valence-electron chi connectivity index (χ1n) is 10.5. The number of hydrogen-bond acceptors (Lipinski definition) is 7. The smallest absolute Gasteiger partial charge is 0.261 e. The van der Waals surface area contributed by atoms with Crippen LogP contribution in [0.1, 0.15) is 20.7 Å². The number of imide groups is 1. The van der Waals surface area contributed by atoms with E-state index >= 15 is 0 Å². The number of amides is 2. The summed E-state index contributed by atoms with van der Waals surface area (Å²) in [5.74, 6) is 0.224. The van der Waals surface area contributed by atoms with E-state index in [1.54, 1.807) is 30.6 Å². The molecule has 4 rings (SSSR count). The summed E-state index contributed by atoms with van der Waals surface area (Å²) in [4.78, 5) is 32.9. The van der Waals surface area contributed by atoms with Gasteiger partial charge in [-0.25, -0.2) is 4.98 Å². The number of aromatic amines is 1. The molecule has 0 radical (unpaired) electrons. The fourth-order valence-electron chi connectivity index (χ4n) is 3.36. The number of carbonyl (C=O) groups is 2. The molecule has 0 aliphatic carbocycles. The molecule has 0 fully saturated rings. The fourth-order valence-corrected chi connectivity index (χ4v) is 3.36. The average Bonchev–Trinajstić information content (AvgIpc) is 3.38. The molecular formula is C23H25N3O6. The highest BCUT2D eigenvalue weighted by Crippen LogP contribution is 2.22. The van der Waals surface area contributed by atoms with E-state index in [0.29, 0.717) is 50.8 Å². The van der Waals surface area contributed by atoms with Gasteiger partial charge in [0.2, 0.25) is 0 Å². The van der Waals surface area contributed by atoms with Crippen LogP contribution in [0.15, 0.2) is 48.8 Å². The molecule has 0 spiro atoms. The minimum Gasteiger partial charge on any atom is -0.491 e. The highest BCUT2D eigenvalue weighted by molar-refractivity contribution is 6.21. The van der Waals surface area contributed by atoms with E-state index in [1.807, 2.05) is 18.2 Å². The van der Waals surface area contributed by atoms with Crippen LogP contribution >= 0.6 is 0 Å². The van der Waals surface area contributed by atoms with Gasteiger partial charge in [-0.2, -0.15) is 0 Å². The lowest BCUT2D eigenvalue weighted by Gasteiger charge is -2.13. The lowest BCUT2D eigenvalue weighted by molar-refractivity contribution is 0.00674. The van der Waals surface area contributed by atoms with Crippen LogP contribution < -0.4 is 4.74 Å². The number of H-pyrrole nitrogens is 1. The maximum absolute atomic E-state index is 12.2. The number of benzene rings is 2. The summed E-state index contributed by atoms with van der Waals surface area (Å²) in [5, 5.41) is 0. The first kappa shape index (κ1) is 21.9. The number of carbonyl (C=O) groups excluding carboxylic acids is 2. The molecule has 0 atom stereocenters. The van der Waals surface area contributed by atoms with Gasteiger partial charge in [0.1, 0.15) is 12.4 Å². The fraction of sp³-hybridized carbons (Fsp3) is 0.348. The molecule has 1 aliphatic rings. The van der Waals surface area contributed by atoms with E-state index in [4.69, 9.17) is 18.9 Å². The number of nitrogens with one attached hydrogen (secondary N) is 1. The van der Waals surface area contributed by atoms with Crippen molar-refractivity contribution in [1.29, 1.82) is 0 Å². The van der Waals surface area contributed by atoms with E-state index in [2.05, 4.69) is 9.97 Å². The summed E-state index contributed by atoms with van der Waals surface area (Å²) in [7, 11) is 0. The number of rotatable bonds is 13. The van der Waals surface area contributed by atoms with Crippen LogP contribution in [0.4, 0.5) is 0 Å². The Bertz CT molecular complexity index is 1030. The SMILES string of the molecule is O=C1c2ccccc2C(=O)N1CCOCCOCCOCCOc1ccc2nc[nH]c2c1. The highest BCUT2D eigenvalue weighted by atomic mass is 16.6. The molecule has 32 heavy (non-hydrogen) atoms. The Morgan fingerprint density at radius 3 is 2.09 bits per heavy atom. The van der Waals surface area contributed by atoms with Crippen molar-refractivity contribution in [2.75, 3.05) is 52.8 Å². The van der Waals surface area contributed by atoms with Gasteiger partial charge in [-0.3, -0.25) is 14.5 Å². The lowest BCUT2D eigenvalue weighted by atomic mass is 10.1. The van der Waals surface area contributed by atoms with Gasteiger partial charge in [0.05, 0.1) is 74.7 Å². The van der Waals surface area contributed by atoms with E-state index in [-0.39, 0.29) is 25.0 Å². The summed E-state index contributed by atoms with van der Waals surface area (Å²) in [6.07, 6.45) is 1.65. The molecule has 0 saturated carbocycles. The van der Waals surface area contributed by atoms with E-state index < -0.39 is 0 Å². The predicted octanol–water partition coefficient (Wildman–Crippen LogP) is 2.29. The lowest BCUT2D eigenvalue weighted by Crippen LogP contribution is -2.33. The van der Waals surface area contributed by atoms with Crippen LogP contribution in [0.5, 0.6) is 5.75 Å². The third-order valence-corrected chi connectivity index (χ3v) is 4.97. The quantitative estimate of drug-likeness (QED) is 0.322. The van der Waals surface area contributed by atoms with E-state index in [0.717, 1.165) is 16.8 Å². The summed E-state index contributed by atoms with van der Waals surface area (Å²) in [6, 6.07) is 12.5. The summed E-state index contributed by atoms with van der Waals surface area (Å²) >= 11 is 0. The monoisotopic (exact) mass is 439 g/mol. The molecule has 9 nitrogen and oxygen atoms in total. The molecule has 0 saturated heterocycles. The number of ether oxygens (including phenoxy) is 4. The van der Waals surface area contributed by atoms with Crippen molar-refractivity contribution in [1.82, 2.24) is 14.9 Å². The minimum atomic E-state index is -0.270. The molecule has 1 aliphatic heterocycles. The van der Waals surface area contributed by atoms with Crippen LogP contribution in [0.2, 0.25) is 0 Å². The van der Waals surface area contributed by atoms with Gasteiger partial charge in [-0.05, 0) is 24.3 Å². The maximum Gasteiger partial charge on any atom is 0.261 e. The Morgan fingerprint density at radius 1 is 0.781 bits per heavy atom. The van der Waals surface area contributed by atoms with Gasteiger partial charge >= 0.3 is 0 Å². The van der Waals surface area contributed by atoms with Crippen molar-refractivity contribution in [3.05, 3.63) is 59.9 Å². The highest BCUT2D eigenvalue weighted by Gasteiger charge is 2.34. The maximum atomic E-state index is 12.2. The van der Waals surface area contributed by atoms with Crippen molar-refractivity contribution >= 4 is 22.8 Å². The second-order valence-electron chi connectivity index (χ2n) is 7.07. The third-order valence-electron chi connectivity index (χ3n) is 4.97. The number of hydrogen-bond donors (Lipinski definition) is 1. The second-order valence-corrected chi connectivity index (χ2v) is 7.07. The Morgan fingerprint density at radius 2 is 1.41 bits per heavy atom. The Kier molecular flexibility index (Phi) is 7.44. The zero-order chi connectivity index (χ0) is 22.2. The largest absolute Gasteiger partial charge is 0.491 e. The van der Waals surface area contributed by atoms with E-state index in [9.17, 15) is 9.59 Å². The first-order valence-corrected chi connectivity index (χ1v) is 10.5. The number of aromatic nitrogens is 2. The van der Waals surface area contributed by atoms with E-state index in [1.165, 1.54) is 4.90 Å². The number of imidazole rings is 1. The van der Waals surface area contributed by atoms with Crippen molar-refractivity contribution < 1.29 is 28.5 Å². The zero-order valence-electron chi connectivity index (χ0n) is 17.6. The average molecular weight is 439 g/mol. The molecule has 1 aromatic heterocycles. The molecule has 2 amide bonds. The van der Waals surface area contributed by atoms with Gasteiger partial charge in [0.15, 0.2) is 0 Å². The van der Waals surface area contributed by atoms with Crippen LogP contribution in [-0.2, 0) is 14.2 Å². The molecule has 168 valence electrons. The Labute approximate surface area is 185 Å². The topological polar surface area (TPSA) is 103 Å². The molecule has 1 N–H and O–H groups in total. The molecule has 0 unspecified atom stereocenters. The van der Waals surface area contributed by atoms with Crippen molar-refractivity contribution in [3.63, 3.8) is 0 Å². The Hall–Kier alpha value is -3.27. The Balaban J connectivity index is 0.988. The van der Waals surface area contributed by atoms with Crippen molar-refractivity contribution in [2.24, 2.45) is 0 Å². The molecule has 9 heteroatoms.